The molecule has 0 saturated carbocycles. The van der Waals surface area contributed by atoms with Crippen LogP contribution in [0.5, 0.6) is 11.8 Å². The molecule has 0 aliphatic carbocycles. The van der Waals surface area contributed by atoms with Crippen molar-refractivity contribution in [1.29, 1.82) is 0 Å². The van der Waals surface area contributed by atoms with Crippen molar-refractivity contribution in [2.75, 3.05) is 0 Å². The number of hydrogen-bond donors (Lipinski definition) is 0. The van der Waals surface area contributed by atoms with Gasteiger partial charge in [-0.2, -0.15) is 0 Å². The first-order valence-electron chi connectivity index (χ1n) is 8.56. The van der Waals surface area contributed by atoms with Crippen molar-refractivity contribution < 1.29 is 35.3 Å². The number of hydrogen-bond acceptors (Lipinski definition) is 5. The van der Waals surface area contributed by atoms with Crippen molar-refractivity contribution in [3.8, 4) is 34.3 Å². The van der Waals surface area contributed by atoms with E-state index in [0.717, 1.165) is 11.1 Å². The second-order valence-corrected chi connectivity index (χ2v) is 5.73. The normalized spacial score (nSPS) is 9.93. The first kappa shape index (κ1) is 20.4. The van der Waals surface area contributed by atoms with E-state index in [2.05, 4.69) is 22.1 Å². The van der Waals surface area contributed by atoms with E-state index >= 15 is 0 Å². The predicted molar refractivity (Wildman–Crippen MR) is 104 cm³/mol. The SMILES string of the molecule is O=C(Oc1cccc(-c2[c-]cccc2)n1)Oc1cccc(-c2[c-]cccc2)n1.[Pt+2]. The number of carbonyl (C=O) groups excluding carboxylic acids is 1. The summed E-state index contributed by atoms with van der Waals surface area (Å²) in [4.78, 5) is 20.8. The van der Waals surface area contributed by atoms with Crippen LogP contribution in [0, 0.1) is 12.1 Å². The fourth-order valence-corrected chi connectivity index (χ4v) is 2.54. The number of aromatic nitrogens is 2. The summed E-state index contributed by atoms with van der Waals surface area (Å²) >= 11 is 0. The summed E-state index contributed by atoms with van der Waals surface area (Å²) < 4.78 is 10.4. The smallest absolute Gasteiger partial charge is 0.376 e. The standard InChI is InChI=1S/C23H14N2O3.Pt/c26-23(27-21-15-7-13-19(24-21)17-9-3-1-4-10-17)28-22-16-8-14-20(25-22)18-11-5-2-6-12-18;/h1-9,11,13-16H;/q-2;+2. The molecule has 0 radical (unpaired) electrons. The minimum absolute atomic E-state index is 0. The largest absolute Gasteiger partial charge is 2.00 e. The predicted octanol–water partition coefficient (Wildman–Crippen LogP) is 4.99. The maximum Gasteiger partial charge on any atom is 2.00 e. The Kier molecular flexibility index (Phi) is 6.88. The summed E-state index contributed by atoms with van der Waals surface area (Å²) in [6, 6.07) is 31.3. The number of nitrogens with zero attached hydrogens (tertiary/aromatic N) is 2. The molecule has 0 saturated heterocycles. The average Bonchev–Trinajstić information content (AvgIpc) is 2.75. The molecule has 2 aromatic carbocycles. The van der Waals surface area contributed by atoms with Crippen molar-refractivity contribution >= 4 is 6.16 Å². The van der Waals surface area contributed by atoms with E-state index in [1.807, 2.05) is 48.5 Å². The van der Waals surface area contributed by atoms with E-state index in [0.29, 0.717) is 11.4 Å². The molecule has 0 aliphatic heterocycles. The van der Waals surface area contributed by atoms with Crippen LogP contribution >= 0.6 is 0 Å². The zero-order chi connectivity index (χ0) is 19.2. The number of benzene rings is 2. The van der Waals surface area contributed by atoms with E-state index in [1.165, 1.54) is 0 Å². The van der Waals surface area contributed by atoms with Crippen LogP contribution in [-0.2, 0) is 21.1 Å². The van der Waals surface area contributed by atoms with Gasteiger partial charge in [0.1, 0.15) is 0 Å². The van der Waals surface area contributed by atoms with Gasteiger partial charge in [-0.25, -0.2) is 4.79 Å². The molecule has 0 N–H and O–H groups in total. The van der Waals surface area contributed by atoms with E-state index < -0.39 is 6.16 Å². The van der Waals surface area contributed by atoms with Gasteiger partial charge in [-0.1, -0.05) is 24.3 Å². The fourth-order valence-electron chi connectivity index (χ4n) is 2.54. The minimum Gasteiger partial charge on any atom is -0.376 e. The molecule has 144 valence electrons. The Balaban J connectivity index is 0.00000240. The third-order valence-electron chi connectivity index (χ3n) is 3.79. The van der Waals surface area contributed by atoms with Gasteiger partial charge in [-0.15, -0.1) is 71.8 Å². The minimum atomic E-state index is -0.914. The summed E-state index contributed by atoms with van der Waals surface area (Å²) in [6.07, 6.45) is -0.914. The van der Waals surface area contributed by atoms with Gasteiger partial charge in [-0.05, 0) is 23.5 Å². The van der Waals surface area contributed by atoms with Crippen molar-refractivity contribution in [3.63, 3.8) is 0 Å². The summed E-state index contributed by atoms with van der Waals surface area (Å²) in [5.41, 5.74) is 2.89. The molecule has 0 bridgehead atoms. The second kappa shape index (κ2) is 9.76. The molecule has 0 spiro atoms. The van der Waals surface area contributed by atoms with Gasteiger partial charge in [0.2, 0.25) is 11.8 Å². The number of carbonyl (C=O) groups is 1. The molecular weight excluding hydrogens is 547 g/mol. The Labute approximate surface area is 182 Å². The third-order valence-corrected chi connectivity index (χ3v) is 3.79. The Morgan fingerprint density at radius 2 is 1.14 bits per heavy atom. The molecule has 2 heterocycles. The van der Waals surface area contributed by atoms with Crippen LogP contribution in [0.3, 0.4) is 0 Å². The molecule has 29 heavy (non-hydrogen) atoms. The molecule has 2 aromatic heterocycles. The number of rotatable bonds is 4. The fraction of sp³-hybridized carbons (Fsp3) is 0. The van der Waals surface area contributed by atoms with Gasteiger partial charge in [0.25, 0.3) is 0 Å². The summed E-state index contributed by atoms with van der Waals surface area (Å²) in [7, 11) is 0. The Morgan fingerprint density at radius 3 is 1.55 bits per heavy atom. The monoisotopic (exact) mass is 561 g/mol. The van der Waals surface area contributed by atoms with Crippen molar-refractivity contribution in [3.05, 3.63) is 97.1 Å². The van der Waals surface area contributed by atoms with Crippen LogP contribution in [0.25, 0.3) is 22.5 Å². The number of ether oxygens (including phenoxy) is 2. The van der Waals surface area contributed by atoms with Crippen LogP contribution < -0.4 is 9.47 Å². The first-order valence-corrected chi connectivity index (χ1v) is 8.56. The van der Waals surface area contributed by atoms with Gasteiger partial charge in [0, 0.05) is 0 Å². The third kappa shape index (κ3) is 5.37. The van der Waals surface area contributed by atoms with Gasteiger partial charge >= 0.3 is 27.2 Å². The first-order chi connectivity index (χ1) is 13.8. The van der Waals surface area contributed by atoms with Crippen LogP contribution in [0.4, 0.5) is 4.79 Å². The molecule has 0 amide bonds. The van der Waals surface area contributed by atoms with Gasteiger partial charge in [-0.3, -0.25) is 9.97 Å². The summed E-state index contributed by atoms with van der Waals surface area (Å²) in [5, 5.41) is 0. The van der Waals surface area contributed by atoms with Crippen LogP contribution in [0.1, 0.15) is 0 Å². The van der Waals surface area contributed by atoms with Gasteiger partial charge in [0.15, 0.2) is 0 Å². The molecule has 4 aromatic rings. The Hall–Kier alpha value is -3.30. The molecule has 6 heteroatoms. The van der Waals surface area contributed by atoms with Crippen LogP contribution in [-0.4, -0.2) is 16.1 Å². The zero-order valence-corrected chi connectivity index (χ0v) is 17.3. The second-order valence-electron chi connectivity index (χ2n) is 5.73. The maximum absolute atomic E-state index is 12.1. The molecular formula is C23H14N2O3Pt. The van der Waals surface area contributed by atoms with Crippen LogP contribution in [0.2, 0.25) is 0 Å². The molecule has 4 rings (SSSR count). The van der Waals surface area contributed by atoms with Gasteiger partial charge < -0.3 is 9.47 Å². The van der Waals surface area contributed by atoms with Crippen molar-refractivity contribution in [2.24, 2.45) is 0 Å². The molecule has 0 fully saturated rings. The summed E-state index contributed by atoms with van der Waals surface area (Å²) in [5.74, 6) is 0.264. The maximum atomic E-state index is 12.1. The van der Waals surface area contributed by atoms with Crippen LogP contribution in [0.15, 0.2) is 84.9 Å². The van der Waals surface area contributed by atoms with E-state index in [9.17, 15) is 4.79 Å². The summed E-state index contributed by atoms with van der Waals surface area (Å²) in [6.45, 7) is 0. The Morgan fingerprint density at radius 1 is 0.655 bits per heavy atom. The average molecular weight is 561 g/mol. The zero-order valence-electron chi connectivity index (χ0n) is 15.0. The van der Waals surface area contributed by atoms with Gasteiger partial charge in [0.05, 0.1) is 0 Å². The Bertz CT molecular complexity index is 1000. The molecule has 0 atom stereocenters. The van der Waals surface area contributed by atoms with E-state index in [1.54, 1.807) is 36.4 Å². The molecule has 0 aliphatic rings. The number of pyridine rings is 2. The molecule has 5 nitrogen and oxygen atoms in total. The van der Waals surface area contributed by atoms with E-state index in [4.69, 9.17) is 9.47 Å². The quantitative estimate of drug-likeness (QED) is 0.260. The van der Waals surface area contributed by atoms with Crippen molar-refractivity contribution in [2.45, 2.75) is 0 Å². The van der Waals surface area contributed by atoms with E-state index in [-0.39, 0.29) is 32.8 Å². The topological polar surface area (TPSA) is 61.3 Å². The molecule has 0 unspecified atom stereocenters. The van der Waals surface area contributed by atoms with Crippen molar-refractivity contribution in [1.82, 2.24) is 9.97 Å².